The largest absolute Gasteiger partial charge is 0.507 e. The average molecular weight is 439 g/mol. The van der Waals surface area contributed by atoms with Crippen LogP contribution in [0.2, 0.25) is 5.02 Å². The van der Waals surface area contributed by atoms with Gasteiger partial charge in [-0.05, 0) is 48.7 Å². The molecule has 0 radical (unpaired) electrons. The minimum atomic E-state index is -0.994. The molecule has 0 amide bonds. The van der Waals surface area contributed by atoms with Crippen LogP contribution in [0.3, 0.4) is 0 Å². The molecule has 7 heteroatoms. The summed E-state index contributed by atoms with van der Waals surface area (Å²) in [6.07, 6.45) is 2.57. The highest BCUT2D eigenvalue weighted by molar-refractivity contribution is 6.33. The molecule has 2 rings (SSSR count). The van der Waals surface area contributed by atoms with E-state index in [1.165, 1.54) is 13.0 Å². The van der Waals surface area contributed by atoms with E-state index in [2.05, 4.69) is 6.92 Å². The molecule has 0 bridgehead atoms. The van der Waals surface area contributed by atoms with Crippen molar-refractivity contribution in [1.29, 1.82) is 0 Å². The van der Waals surface area contributed by atoms with Gasteiger partial charge in [0, 0.05) is 17.9 Å². The van der Waals surface area contributed by atoms with Crippen molar-refractivity contribution in [3.63, 3.8) is 0 Å². The molecule has 0 spiro atoms. The Kier molecular flexibility index (Phi) is 7.72. The minimum Gasteiger partial charge on any atom is -0.507 e. The van der Waals surface area contributed by atoms with Crippen molar-refractivity contribution in [2.24, 2.45) is 17.3 Å². The van der Waals surface area contributed by atoms with E-state index in [0.29, 0.717) is 24.7 Å². The third kappa shape index (κ3) is 4.41. The number of aliphatic hydroxyl groups is 2. The first-order chi connectivity index (χ1) is 14.0. The maximum Gasteiger partial charge on any atom is 0.154 e. The molecule has 1 fully saturated rings. The highest BCUT2D eigenvalue weighted by atomic mass is 35.5. The van der Waals surface area contributed by atoms with Gasteiger partial charge in [0.05, 0.1) is 23.3 Å². The lowest BCUT2D eigenvalue weighted by Gasteiger charge is -2.45. The lowest BCUT2D eigenvalue weighted by Crippen LogP contribution is -2.44. The maximum absolute atomic E-state index is 12.2. The van der Waals surface area contributed by atoms with Crippen molar-refractivity contribution >= 4 is 23.7 Å². The Balaban J connectivity index is 2.31. The van der Waals surface area contributed by atoms with Gasteiger partial charge in [0.1, 0.15) is 17.3 Å². The van der Waals surface area contributed by atoms with Gasteiger partial charge in [-0.3, -0.25) is 9.59 Å². The molecule has 1 aliphatic rings. The lowest BCUT2D eigenvalue weighted by molar-refractivity contribution is -0.133. The van der Waals surface area contributed by atoms with E-state index in [4.69, 9.17) is 11.6 Å². The van der Waals surface area contributed by atoms with Gasteiger partial charge >= 0.3 is 0 Å². The van der Waals surface area contributed by atoms with Gasteiger partial charge in [-0.25, -0.2) is 0 Å². The Morgan fingerprint density at radius 2 is 1.93 bits per heavy atom. The number of phenolic OH excluding ortho intramolecular Hbond substituents is 2. The number of aliphatic hydroxyl groups excluding tert-OH is 2. The Labute approximate surface area is 182 Å². The molecule has 0 heterocycles. The van der Waals surface area contributed by atoms with Crippen LogP contribution in [0.15, 0.2) is 11.6 Å². The van der Waals surface area contributed by atoms with Crippen molar-refractivity contribution < 1.29 is 30.0 Å². The number of aromatic hydroxyl groups is 2. The first kappa shape index (κ1) is 24.4. The standard InChI is InChI=1S/C23H31ClO6/c1-12-5-8-18(27)14(3)23(12,4)9-19(28)15(10-25)6-7-16-21(29)17(11-26)13(2)20(24)22(16)30/h6,11-12,14,19,25,28-30H,5,7-10H2,1-4H3/b15-6+/t12-,14-,19-,23-/m1/s1. The number of aldehydes is 1. The Bertz CT molecular complexity index is 862. The van der Waals surface area contributed by atoms with E-state index in [0.717, 1.165) is 6.42 Å². The van der Waals surface area contributed by atoms with Crippen LogP contribution in [0.1, 0.15) is 61.5 Å². The molecule has 4 N–H and O–H groups in total. The van der Waals surface area contributed by atoms with Crippen LogP contribution in [0.4, 0.5) is 0 Å². The van der Waals surface area contributed by atoms with Crippen molar-refractivity contribution in [2.75, 3.05) is 6.61 Å². The van der Waals surface area contributed by atoms with E-state index in [1.807, 2.05) is 13.8 Å². The van der Waals surface area contributed by atoms with E-state index in [-0.39, 0.29) is 57.3 Å². The second-order valence-corrected chi connectivity index (χ2v) is 9.02. The van der Waals surface area contributed by atoms with Crippen LogP contribution in [-0.2, 0) is 11.2 Å². The summed E-state index contributed by atoms with van der Waals surface area (Å²) in [4.78, 5) is 23.5. The number of hydrogen-bond donors (Lipinski definition) is 4. The van der Waals surface area contributed by atoms with Crippen molar-refractivity contribution in [3.05, 3.63) is 33.4 Å². The molecule has 1 aromatic carbocycles. The minimum absolute atomic E-state index is 0.0109. The molecule has 0 aromatic heterocycles. The van der Waals surface area contributed by atoms with Gasteiger partial charge in [-0.1, -0.05) is 38.4 Å². The topological polar surface area (TPSA) is 115 Å². The number of allylic oxidation sites excluding steroid dienone is 1. The summed E-state index contributed by atoms with van der Waals surface area (Å²) in [5.41, 5.74) is 0.215. The lowest BCUT2D eigenvalue weighted by atomic mass is 9.59. The fourth-order valence-corrected chi connectivity index (χ4v) is 4.60. The average Bonchev–Trinajstić information content (AvgIpc) is 2.71. The van der Waals surface area contributed by atoms with Gasteiger partial charge in [-0.2, -0.15) is 0 Å². The van der Waals surface area contributed by atoms with Gasteiger partial charge in [0.25, 0.3) is 0 Å². The summed E-state index contributed by atoms with van der Waals surface area (Å²) in [6, 6.07) is 0. The molecular weight excluding hydrogens is 408 g/mol. The fraction of sp³-hybridized carbons (Fsp3) is 0.565. The number of ketones is 1. The molecule has 4 atom stereocenters. The van der Waals surface area contributed by atoms with Crippen LogP contribution < -0.4 is 0 Å². The highest BCUT2D eigenvalue weighted by Gasteiger charge is 2.44. The van der Waals surface area contributed by atoms with E-state index < -0.39 is 18.1 Å². The van der Waals surface area contributed by atoms with Crippen LogP contribution in [0.25, 0.3) is 0 Å². The Hall–Kier alpha value is -1.89. The number of phenols is 2. The van der Waals surface area contributed by atoms with Gasteiger partial charge in [0.2, 0.25) is 0 Å². The molecular formula is C23H31ClO6. The third-order valence-electron chi connectivity index (χ3n) is 7.12. The highest BCUT2D eigenvalue weighted by Crippen LogP contribution is 2.47. The quantitative estimate of drug-likeness (QED) is 0.381. The first-order valence-electron chi connectivity index (χ1n) is 10.2. The Morgan fingerprint density at radius 3 is 2.50 bits per heavy atom. The molecule has 1 aromatic rings. The maximum atomic E-state index is 12.2. The van der Waals surface area contributed by atoms with E-state index in [9.17, 15) is 30.0 Å². The summed E-state index contributed by atoms with van der Waals surface area (Å²) in [5, 5.41) is 41.3. The number of rotatable bonds is 7. The predicted molar refractivity (Wildman–Crippen MR) is 115 cm³/mol. The SMILES string of the molecule is Cc1c(Cl)c(O)c(C/C=C(\CO)[C@H](O)C[C@]2(C)[C@H](C)CCC(=O)[C@H]2C)c(O)c1C=O. The van der Waals surface area contributed by atoms with Gasteiger partial charge in [-0.15, -0.1) is 0 Å². The second kappa shape index (κ2) is 9.50. The number of Topliss-reactive ketones (excluding diaryl/α,β-unsaturated/α-hetero) is 1. The summed E-state index contributed by atoms with van der Waals surface area (Å²) < 4.78 is 0. The summed E-state index contributed by atoms with van der Waals surface area (Å²) in [6.45, 7) is 7.05. The molecule has 166 valence electrons. The number of carbonyl (C=O) groups is 2. The smallest absolute Gasteiger partial charge is 0.154 e. The van der Waals surface area contributed by atoms with Crippen molar-refractivity contribution in [2.45, 2.75) is 59.5 Å². The monoisotopic (exact) mass is 438 g/mol. The molecule has 6 nitrogen and oxygen atoms in total. The summed E-state index contributed by atoms with van der Waals surface area (Å²) in [5.74, 6) is -0.497. The molecule has 1 aliphatic carbocycles. The van der Waals surface area contributed by atoms with Gasteiger partial charge < -0.3 is 20.4 Å². The first-order valence-corrected chi connectivity index (χ1v) is 10.6. The molecule has 30 heavy (non-hydrogen) atoms. The van der Waals surface area contributed by atoms with Gasteiger partial charge in [0.15, 0.2) is 6.29 Å². The molecule has 1 saturated carbocycles. The zero-order chi connectivity index (χ0) is 22.8. The fourth-order valence-electron chi connectivity index (χ4n) is 4.38. The zero-order valence-corrected chi connectivity index (χ0v) is 18.7. The Morgan fingerprint density at radius 1 is 1.30 bits per heavy atom. The molecule has 0 saturated heterocycles. The summed E-state index contributed by atoms with van der Waals surface area (Å²) >= 11 is 6.07. The van der Waals surface area contributed by atoms with E-state index in [1.54, 1.807) is 0 Å². The van der Waals surface area contributed by atoms with Crippen molar-refractivity contribution in [1.82, 2.24) is 0 Å². The normalized spacial score (nSPS) is 26.0. The predicted octanol–water partition coefficient (Wildman–Crippen LogP) is 3.73. The van der Waals surface area contributed by atoms with E-state index >= 15 is 0 Å². The van der Waals surface area contributed by atoms with Crippen LogP contribution in [0, 0.1) is 24.2 Å². The zero-order valence-electron chi connectivity index (χ0n) is 17.9. The van der Waals surface area contributed by atoms with Crippen LogP contribution in [0.5, 0.6) is 11.5 Å². The molecule has 0 unspecified atom stereocenters. The molecule has 0 aliphatic heterocycles. The second-order valence-electron chi connectivity index (χ2n) is 8.64. The number of carbonyl (C=O) groups excluding carboxylic acids is 2. The number of benzene rings is 1. The number of hydrogen-bond acceptors (Lipinski definition) is 6. The number of halogens is 1. The van der Waals surface area contributed by atoms with Crippen LogP contribution in [-0.4, -0.2) is 45.2 Å². The van der Waals surface area contributed by atoms with Crippen molar-refractivity contribution in [3.8, 4) is 11.5 Å². The third-order valence-corrected chi connectivity index (χ3v) is 7.58. The summed E-state index contributed by atoms with van der Waals surface area (Å²) in [7, 11) is 0. The van der Waals surface area contributed by atoms with Crippen LogP contribution >= 0.6 is 11.6 Å².